The van der Waals surface area contributed by atoms with Crippen LogP contribution in [0.5, 0.6) is 0 Å². The number of amides is 1. The van der Waals surface area contributed by atoms with E-state index in [1.54, 1.807) is 12.1 Å². The maximum absolute atomic E-state index is 10.8. The van der Waals surface area contributed by atoms with Crippen LogP contribution in [0.1, 0.15) is 11.1 Å². The van der Waals surface area contributed by atoms with Crippen molar-refractivity contribution in [2.75, 3.05) is 6.61 Å². The van der Waals surface area contributed by atoms with Gasteiger partial charge < -0.3 is 10.5 Å². The number of ether oxygens (including phenoxy) is 1. The van der Waals surface area contributed by atoms with Gasteiger partial charge in [0, 0.05) is 23.4 Å². The number of alkyl halides is 1. The number of carbonyl (C=O) groups excluding carboxylic acids is 1. The van der Waals surface area contributed by atoms with Gasteiger partial charge in [-0.1, -0.05) is 28.1 Å². The summed E-state index contributed by atoms with van der Waals surface area (Å²) < 4.78 is 4.56. The van der Waals surface area contributed by atoms with Crippen molar-refractivity contribution in [2.45, 2.75) is 11.8 Å². The number of nitro groups is 1. The zero-order chi connectivity index (χ0) is 12.8. The van der Waals surface area contributed by atoms with Crippen LogP contribution in [-0.4, -0.2) is 17.6 Å². The molecule has 1 amide bonds. The summed E-state index contributed by atoms with van der Waals surface area (Å²) in [6, 6.07) is 4.90. The molecule has 0 fully saturated rings. The molecule has 1 rings (SSSR count). The summed E-state index contributed by atoms with van der Waals surface area (Å²) >= 11 is 3.18. The first-order valence-electron chi connectivity index (χ1n) is 4.79. The van der Waals surface area contributed by atoms with Crippen LogP contribution < -0.4 is 5.73 Å². The number of nitro benzene ring substituents is 1. The zero-order valence-electron chi connectivity index (χ0n) is 8.89. The van der Waals surface area contributed by atoms with Crippen molar-refractivity contribution in [3.05, 3.63) is 39.4 Å². The molecule has 92 valence electrons. The molecule has 0 spiro atoms. The predicted molar refractivity (Wildman–Crippen MR) is 65.0 cm³/mol. The Morgan fingerprint density at radius 1 is 1.53 bits per heavy atom. The SMILES string of the molecule is NC(=O)OCCc1ccc(CBr)c([N+](=O)[O-])c1. The third-order valence-corrected chi connectivity index (χ3v) is 2.73. The van der Waals surface area contributed by atoms with Gasteiger partial charge in [-0.3, -0.25) is 10.1 Å². The molecule has 0 atom stereocenters. The minimum absolute atomic E-state index is 0.0541. The Hall–Kier alpha value is -1.63. The van der Waals surface area contributed by atoms with Gasteiger partial charge in [0.2, 0.25) is 0 Å². The van der Waals surface area contributed by atoms with E-state index >= 15 is 0 Å². The number of benzene rings is 1. The van der Waals surface area contributed by atoms with E-state index in [0.29, 0.717) is 17.3 Å². The first-order valence-corrected chi connectivity index (χ1v) is 5.91. The maximum atomic E-state index is 10.8. The van der Waals surface area contributed by atoms with Gasteiger partial charge in [-0.05, 0) is 5.56 Å². The van der Waals surface area contributed by atoms with Crippen LogP contribution in [0.15, 0.2) is 18.2 Å². The van der Waals surface area contributed by atoms with Crippen LogP contribution in [0.4, 0.5) is 10.5 Å². The second kappa shape index (κ2) is 6.19. The van der Waals surface area contributed by atoms with Gasteiger partial charge in [0.25, 0.3) is 5.69 Å². The average Bonchev–Trinajstić information content (AvgIpc) is 2.28. The van der Waals surface area contributed by atoms with E-state index in [2.05, 4.69) is 20.7 Å². The Bertz CT molecular complexity index is 436. The van der Waals surface area contributed by atoms with E-state index in [1.807, 2.05) is 0 Å². The maximum Gasteiger partial charge on any atom is 0.404 e. The monoisotopic (exact) mass is 302 g/mol. The molecule has 0 aromatic heterocycles. The Morgan fingerprint density at radius 3 is 2.76 bits per heavy atom. The van der Waals surface area contributed by atoms with Crippen molar-refractivity contribution in [2.24, 2.45) is 5.73 Å². The van der Waals surface area contributed by atoms with Crippen molar-refractivity contribution < 1.29 is 14.5 Å². The third-order valence-electron chi connectivity index (χ3n) is 2.13. The molecule has 1 aromatic carbocycles. The summed E-state index contributed by atoms with van der Waals surface area (Å²) in [4.78, 5) is 20.7. The molecule has 0 bridgehead atoms. The number of hydrogen-bond donors (Lipinski definition) is 1. The number of rotatable bonds is 5. The van der Waals surface area contributed by atoms with Gasteiger partial charge in [0.05, 0.1) is 11.5 Å². The average molecular weight is 303 g/mol. The molecule has 0 saturated heterocycles. The van der Waals surface area contributed by atoms with Crippen LogP contribution in [0, 0.1) is 10.1 Å². The number of carbonyl (C=O) groups is 1. The summed E-state index contributed by atoms with van der Waals surface area (Å²) in [6.07, 6.45) is -0.455. The first-order chi connectivity index (χ1) is 8.04. The zero-order valence-corrected chi connectivity index (χ0v) is 10.5. The van der Waals surface area contributed by atoms with Crippen LogP contribution in [0.25, 0.3) is 0 Å². The number of halogens is 1. The largest absolute Gasteiger partial charge is 0.449 e. The predicted octanol–water partition coefficient (Wildman–Crippen LogP) is 2.13. The van der Waals surface area contributed by atoms with Gasteiger partial charge in [-0.15, -0.1) is 0 Å². The molecule has 0 saturated carbocycles. The lowest BCUT2D eigenvalue weighted by molar-refractivity contribution is -0.385. The normalized spacial score (nSPS) is 9.94. The molecule has 17 heavy (non-hydrogen) atoms. The van der Waals surface area contributed by atoms with E-state index < -0.39 is 11.0 Å². The van der Waals surface area contributed by atoms with Crippen LogP contribution in [0.2, 0.25) is 0 Å². The fraction of sp³-hybridized carbons (Fsp3) is 0.300. The number of hydrogen-bond acceptors (Lipinski definition) is 4. The molecule has 0 aliphatic carbocycles. The molecule has 0 aliphatic heterocycles. The van der Waals surface area contributed by atoms with Gasteiger partial charge in [0.15, 0.2) is 0 Å². The van der Waals surface area contributed by atoms with E-state index in [0.717, 1.165) is 5.56 Å². The van der Waals surface area contributed by atoms with Gasteiger partial charge in [0.1, 0.15) is 0 Å². The minimum Gasteiger partial charge on any atom is -0.449 e. The minimum atomic E-state index is -0.850. The Kier molecular flexibility index (Phi) is 4.89. The first kappa shape index (κ1) is 13.4. The lowest BCUT2D eigenvalue weighted by Gasteiger charge is -2.04. The summed E-state index contributed by atoms with van der Waals surface area (Å²) in [5, 5.41) is 11.2. The molecule has 0 heterocycles. The standard InChI is InChI=1S/C10H11BrN2O4/c11-6-8-2-1-7(3-4-17-10(12)14)5-9(8)13(15)16/h1-2,5H,3-4,6H2,(H2,12,14). The summed E-state index contributed by atoms with van der Waals surface area (Å²) in [5.41, 5.74) is 6.19. The second-order valence-corrected chi connectivity index (χ2v) is 3.83. The quantitative estimate of drug-likeness (QED) is 0.512. The van der Waals surface area contributed by atoms with Gasteiger partial charge in [-0.2, -0.15) is 0 Å². The van der Waals surface area contributed by atoms with E-state index in [9.17, 15) is 14.9 Å². The second-order valence-electron chi connectivity index (χ2n) is 3.27. The smallest absolute Gasteiger partial charge is 0.404 e. The van der Waals surface area contributed by atoms with E-state index in [-0.39, 0.29) is 12.3 Å². The number of nitrogens with zero attached hydrogens (tertiary/aromatic N) is 1. The fourth-order valence-corrected chi connectivity index (χ4v) is 1.79. The molecular formula is C10H11BrN2O4. The molecule has 1 aromatic rings. The van der Waals surface area contributed by atoms with Crippen LogP contribution in [-0.2, 0) is 16.5 Å². The molecule has 2 N–H and O–H groups in total. The molecular weight excluding hydrogens is 292 g/mol. The summed E-state index contributed by atoms with van der Waals surface area (Å²) in [6.45, 7) is 0.111. The van der Waals surface area contributed by atoms with E-state index in [1.165, 1.54) is 6.07 Å². The van der Waals surface area contributed by atoms with Crippen molar-refractivity contribution >= 4 is 27.7 Å². The lowest BCUT2D eigenvalue weighted by Crippen LogP contribution is -2.14. The topological polar surface area (TPSA) is 95.5 Å². The highest BCUT2D eigenvalue weighted by atomic mass is 79.9. The fourth-order valence-electron chi connectivity index (χ4n) is 1.32. The van der Waals surface area contributed by atoms with Crippen LogP contribution >= 0.6 is 15.9 Å². The molecule has 7 heteroatoms. The summed E-state index contributed by atoms with van der Waals surface area (Å²) in [5.74, 6) is 0. The van der Waals surface area contributed by atoms with Crippen LogP contribution in [0.3, 0.4) is 0 Å². The molecule has 0 radical (unpaired) electrons. The summed E-state index contributed by atoms with van der Waals surface area (Å²) in [7, 11) is 0. The Morgan fingerprint density at radius 2 is 2.24 bits per heavy atom. The van der Waals surface area contributed by atoms with Gasteiger partial charge in [-0.25, -0.2) is 4.79 Å². The third kappa shape index (κ3) is 4.03. The van der Waals surface area contributed by atoms with Crippen molar-refractivity contribution in [3.63, 3.8) is 0 Å². The number of nitrogens with two attached hydrogens (primary N) is 1. The lowest BCUT2D eigenvalue weighted by atomic mass is 10.1. The van der Waals surface area contributed by atoms with E-state index in [4.69, 9.17) is 5.73 Å². The highest BCUT2D eigenvalue weighted by molar-refractivity contribution is 9.08. The van der Waals surface area contributed by atoms with Crippen molar-refractivity contribution in [1.82, 2.24) is 0 Å². The molecule has 0 unspecified atom stereocenters. The Balaban J connectivity index is 2.78. The number of primary amides is 1. The van der Waals surface area contributed by atoms with Crippen molar-refractivity contribution in [3.8, 4) is 0 Å². The Labute approximate surface area is 106 Å². The molecule has 0 aliphatic rings. The highest BCUT2D eigenvalue weighted by Gasteiger charge is 2.13. The van der Waals surface area contributed by atoms with Gasteiger partial charge >= 0.3 is 6.09 Å². The molecule has 6 nitrogen and oxygen atoms in total. The highest BCUT2D eigenvalue weighted by Crippen LogP contribution is 2.22. The van der Waals surface area contributed by atoms with Crippen molar-refractivity contribution in [1.29, 1.82) is 0 Å².